The third-order valence-corrected chi connectivity index (χ3v) is 1.91. The van der Waals surface area contributed by atoms with Gasteiger partial charge in [0, 0.05) is 6.42 Å². The molecule has 0 saturated heterocycles. The van der Waals surface area contributed by atoms with Crippen molar-refractivity contribution in [2.75, 3.05) is 0 Å². The standard InChI is InChI=1S/C9H10N2O4/c10-11-6(9(14)15)3-5-1-2-7(12)8(13)4-5/h1-2,4,6,10,12-13H,3H2,(H,14,15)/t6-/m0/s1. The van der Waals surface area contributed by atoms with Gasteiger partial charge >= 0.3 is 5.97 Å². The number of rotatable bonds is 4. The molecule has 0 heterocycles. The molecule has 15 heavy (non-hydrogen) atoms. The Morgan fingerprint density at radius 1 is 1.40 bits per heavy atom. The normalized spacial score (nSPS) is 12.0. The van der Waals surface area contributed by atoms with Crippen LogP contribution in [0.25, 0.3) is 0 Å². The molecule has 80 valence electrons. The zero-order valence-electron chi connectivity index (χ0n) is 7.71. The smallest absolute Gasteiger partial charge is 0.330 e. The van der Waals surface area contributed by atoms with Crippen LogP contribution in [0.5, 0.6) is 11.5 Å². The van der Waals surface area contributed by atoms with E-state index in [-0.39, 0.29) is 17.9 Å². The maximum atomic E-state index is 10.6. The van der Waals surface area contributed by atoms with Gasteiger partial charge in [-0.25, -0.2) is 10.3 Å². The van der Waals surface area contributed by atoms with Crippen LogP contribution in [-0.4, -0.2) is 27.3 Å². The number of phenolic OH excluding ortho intramolecular Hbond substituents is 2. The van der Waals surface area contributed by atoms with Crippen molar-refractivity contribution in [2.24, 2.45) is 5.11 Å². The van der Waals surface area contributed by atoms with E-state index in [1.807, 2.05) is 0 Å². The van der Waals surface area contributed by atoms with Gasteiger partial charge in [-0.1, -0.05) is 6.07 Å². The van der Waals surface area contributed by atoms with E-state index >= 15 is 0 Å². The van der Waals surface area contributed by atoms with Crippen LogP contribution >= 0.6 is 0 Å². The minimum absolute atomic E-state index is 0.00662. The summed E-state index contributed by atoms with van der Waals surface area (Å²) in [6.45, 7) is 0. The van der Waals surface area contributed by atoms with Gasteiger partial charge in [-0.3, -0.25) is 0 Å². The van der Waals surface area contributed by atoms with Crippen LogP contribution in [0.1, 0.15) is 5.56 Å². The number of aliphatic carboxylic acids is 1. The lowest BCUT2D eigenvalue weighted by molar-refractivity contribution is -0.138. The number of carboxylic acid groups (broad SMARTS) is 1. The van der Waals surface area contributed by atoms with Crippen molar-refractivity contribution in [3.05, 3.63) is 23.8 Å². The molecule has 0 unspecified atom stereocenters. The van der Waals surface area contributed by atoms with E-state index in [9.17, 15) is 4.79 Å². The fourth-order valence-electron chi connectivity index (χ4n) is 1.11. The lowest BCUT2D eigenvalue weighted by Gasteiger charge is -2.06. The Balaban J connectivity index is 2.84. The lowest BCUT2D eigenvalue weighted by atomic mass is 10.1. The number of carboxylic acids is 1. The first-order valence-electron chi connectivity index (χ1n) is 4.15. The molecule has 6 nitrogen and oxygen atoms in total. The summed E-state index contributed by atoms with van der Waals surface area (Å²) in [6, 6.07) is 2.81. The number of hydrogen-bond donors (Lipinski definition) is 4. The van der Waals surface area contributed by atoms with Crippen LogP contribution in [0.4, 0.5) is 0 Å². The summed E-state index contributed by atoms with van der Waals surface area (Å²) in [5.74, 6) is -1.78. The first-order valence-corrected chi connectivity index (χ1v) is 4.15. The highest BCUT2D eigenvalue weighted by Crippen LogP contribution is 2.25. The summed E-state index contributed by atoms with van der Waals surface area (Å²) in [6.07, 6.45) is 0.00662. The van der Waals surface area contributed by atoms with Crippen LogP contribution in [0, 0.1) is 5.53 Å². The van der Waals surface area contributed by atoms with E-state index in [4.69, 9.17) is 20.9 Å². The molecule has 0 aromatic heterocycles. The van der Waals surface area contributed by atoms with Gasteiger partial charge in [-0.2, -0.15) is 5.11 Å². The molecular weight excluding hydrogens is 200 g/mol. The van der Waals surface area contributed by atoms with E-state index in [1.165, 1.54) is 18.2 Å². The third-order valence-electron chi connectivity index (χ3n) is 1.91. The van der Waals surface area contributed by atoms with Crippen LogP contribution in [0.15, 0.2) is 23.3 Å². The highest BCUT2D eigenvalue weighted by molar-refractivity contribution is 5.74. The van der Waals surface area contributed by atoms with E-state index < -0.39 is 12.0 Å². The Morgan fingerprint density at radius 3 is 2.53 bits per heavy atom. The number of nitrogens with one attached hydrogen (secondary N) is 1. The maximum Gasteiger partial charge on any atom is 0.330 e. The molecule has 0 aliphatic heterocycles. The van der Waals surface area contributed by atoms with Crippen molar-refractivity contribution >= 4 is 5.97 Å². The Labute approximate surface area is 85.3 Å². The second kappa shape index (κ2) is 4.41. The highest BCUT2D eigenvalue weighted by Gasteiger charge is 2.17. The fourth-order valence-corrected chi connectivity index (χ4v) is 1.11. The number of hydrogen-bond acceptors (Lipinski definition) is 5. The van der Waals surface area contributed by atoms with Gasteiger partial charge in [0.25, 0.3) is 0 Å². The molecule has 0 spiro atoms. The number of carbonyl (C=O) groups is 1. The van der Waals surface area contributed by atoms with E-state index in [0.29, 0.717) is 5.56 Å². The van der Waals surface area contributed by atoms with Gasteiger partial charge in [-0.15, -0.1) is 0 Å². The number of benzene rings is 1. The molecular formula is C9H10N2O4. The molecule has 1 rings (SSSR count). The average Bonchev–Trinajstić information content (AvgIpc) is 2.19. The van der Waals surface area contributed by atoms with Crippen LogP contribution in [-0.2, 0) is 11.2 Å². The molecule has 1 atom stereocenters. The van der Waals surface area contributed by atoms with E-state index in [1.54, 1.807) is 0 Å². The average molecular weight is 210 g/mol. The van der Waals surface area contributed by atoms with Crippen molar-refractivity contribution in [1.29, 1.82) is 5.53 Å². The quantitative estimate of drug-likeness (QED) is 0.440. The number of aromatic hydroxyl groups is 2. The molecule has 0 saturated carbocycles. The van der Waals surface area contributed by atoms with Gasteiger partial charge in [0.05, 0.1) is 0 Å². The van der Waals surface area contributed by atoms with E-state index in [0.717, 1.165) is 0 Å². The first-order chi connectivity index (χ1) is 7.04. The first kappa shape index (κ1) is 11.0. The fraction of sp³-hybridized carbons (Fsp3) is 0.222. The third kappa shape index (κ3) is 2.67. The minimum Gasteiger partial charge on any atom is -0.504 e. The maximum absolute atomic E-state index is 10.6. The topological polar surface area (TPSA) is 114 Å². The van der Waals surface area contributed by atoms with Crippen LogP contribution in [0.3, 0.4) is 0 Å². The molecule has 1 aromatic rings. The second-order valence-corrected chi connectivity index (χ2v) is 3.01. The largest absolute Gasteiger partial charge is 0.504 e. The van der Waals surface area contributed by atoms with Gasteiger partial charge in [0.2, 0.25) is 0 Å². The summed E-state index contributed by atoms with van der Waals surface area (Å²) >= 11 is 0. The molecule has 0 aliphatic rings. The summed E-state index contributed by atoms with van der Waals surface area (Å²) in [4.78, 5) is 10.6. The zero-order chi connectivity index (χ0) is 11.4. The summed E-state index contributed by atoms with van der Waals surface area (Å²) < 4.78 is 0. The Bertz CT molecular complexity index is 392. The number of nitrogens with zero attached hydrogens (tertiary/aromatic N) is 1. The van der Waals surface area contributed by atoms with Crippen LogP contribution < -0.4 is 0 Å². The second-order valence-electron chi connectivity index (χ2n) is 3.01. The van der Waals surface area contributed by atoms with Crippen LogP contribution in [0.2, 0.25) is 0 Å². The van der Waals surface area contributed by atoms with Gasteiger partial charge in [0.1, 0.15) is 0 Å². The highest BCUT2D eigenvalue weighted by atomic mass is 16.4. The molecule has 4 N–H and O–H groups in total. The van der Waals surface area contributed by atoms with Crippen molar-refractivity contribution in [2.45, 2.75) is 12.5 Å². The molecule has 0 aliphatic carbocycles. The van der Waals surface area contributed by atoms with Crippen molar-refractivity contribution < 1.29 is 20.1 Å². The number of phenols is 2. The molecule has 1 aromatic carbocycles. The molecule has 0 bridgehead atoms. The Morgan fingerprint density at radius 2 is 2.07 bits per heavy atom. The predicted molar refractivity (Wildman–Crippen MR) is 50.0 cm³/mol. The van der Waals surface area contributed by atoms with Gasteiger partial charge < -0.3 is 15.3 Å². The lowest BCUT2D eigenvalue weighted by Crippen LogP contribution is -2.19. The monoisotopic (exact) mass is 210 g/mol. The Kier molecular flexibility index (Phi) is 3.22. The molecule has 0 amide bonds. The van der Waals surface area contributed by atoms with Crippen molar-refractivity contribution in [3.63, 3.8) is 0 Å². The summed E-state index contributed by atoms with van der Waals surface area (Å²) in [5.41, 5.74) is 7.16. The molecule has 0 radical (unpaired) electrons. The van der Waals surface area contributed by atoms with Crippen molar-refractivity contribution in [3.8, 4) is 11.5 Å². The van der Waals surface area contributed by atoms with Gasteiger partial charge in [0.15, 0.2) is 17.5 Å². The molecule has 0 fully saturated rings. The predicted octanol–water partition coefficient (Wildman–Crippen LogP) is 1.12. The molecule has 6 heteroatoms. The van der Waals surface area contributed by atoms with Gasteiger partial charge in [-0.05, 0) is 17.7 Å². The van der Waals surface area contributed by atoms with Crippen molar-refractivity contribution in [1.82, 2.24) is 0 Å². The minimum atomic E-state index is -1.20. The Hall–Kier alpha value is -2.11. The summed E-state index contributed by atoms with van der Waals surface area (Å²) in [5, 5.41) is 29.7. The summed E-state index contributed by atoms with van der Waals surface area (Å²) in [7, 11) is 0. The SMILES string of the molecule is N=N[C@@H](Cc1ccc(O)c(O)c1)C(=O)O. The zero-order valence-corrected chi connectivity index (χ0v) is 7.71. The van der Waals surface area contributed by atoms with E-state index in [2.05, 4.69) is 5.11 Å².